The van der Waals surface area contributed by atoms with E-state index in [1.165, 1.54) is 0 Å². The summed E-state index contributed by atoms with van der Waals surface area (Å²) in [6.07, 6.45) is 3.94. The lowest BCUT2D eigenvalue weighted by Crippen LogP contribution is -2.50. The first-order valence-corrected chi connectivity index (χ1v) is 6.39. The highest BCUT2D eigenvalue weighted by Gasteiger charge is 2.29. The standard InChI is InChI=1S/C14H20N4/c1-11-4-7-17-13(12(11)10-15)18-8-5-14(2,16-3)6-9-18/h4,7,16H,5-6,8-9H2,1-3H3. The second-order valence-corrected chi connectivity index (χ2v) is 5.24. The topological polar surface area (TPSA) is 52.0 Å². The van der Waals surface area contributed by atoms with Crippen LogP contribution in [0.25, 0.3) is 0 Å². The Bertz CT molecular complexity index is 467. The molecule has 4 heteroatoms. The molecular formula is C14H20N4. The van der Waals surface area contributed by atoms with Crippen LogP contribution in [-0.4, -0.2) is 30.7 Å². The molecule has 96 valence electrons. The van der Waals surface area contributed by atoms with Gasteiger partial charge in [-0.05, 0) is 45.4 Å². The van der Waals surface area contributed by atoms with E-state index in [1.54, 1.807) is 6.20 Å². The minimum Gasteiger partial charge on any atom is -0.355 e. The van der Waals surface area contributed by atoms with Crippen molar-refractivity contribution < 1.29 is 0 Å². The zero-order chi connectivity index (χ0) is 13.2. The molecule has 1 aliphatic rings. The lowest BCUT2D eigenvalue weighted by Gasteiger charge is -2.40. The SMILES string of the molecule is CNC1(C)CCN(c2nccc(C)c2C#N)CC1. The van der Waals surface area contributed by atoms with Crippen LogP contribution in [-0.2, 0) is 0 Å². The maximum atomic E-state index is 9.25. The number of pyridine rings is 1. The van der Waals surface area contributed by atoms with Gasteiger partial charge in [-0.25, -0.2) is 4.98 Å². The van der Waals surface area contributed by atoms with Crippen molar-refractivity contribution >= 4 is 5.82 Å². The van der Waals surface area contributed by atoms with Gasteiger partial charge in [0.25, 0.3) is 0 Å². The first kappa shape index (κ1) is 12.8. The van der Waals surface area contributed by atoms with Crippen molar-refractivity contribution in [2.24, 2.45) is 0 Å². The van der Waals surface area contributed by atoms with Crippen molar-refractivity contribution in [2.75, 3.05) is 25.0 Å². The Labute approximate surface area is 109 Å². The van der Waals surface area contributed by atoms with Crippen LogP contribution < -0.4 is 10.2 Å². The molecule has 1 aromatic heterocycles. The zero-order valence-electron chi connectivity index (χ0n) is 11.3. The number of rotatable bonds is 2. The second-order valence-electron chi connectivity index (χ2n) is 5.24. The highest BCUT2D eigenvalue weighted by molar-refractivity contribution is 5.57. The molecule has 4 nitrogen and oxygen atoms in total. The van der Waals surface area contributed by atoms with E-state index in [-0.39, 0.29) is 5.54 Å². The predicted molar refractivity (Wildman–Crippen MR) is 72.6 cm³/mol. The third-order valence-electron chi connectivity index (χ3n) is 4.02. The van der Waals surface area contributed by atoms with Crippen molar-refractivity contribution in [3.8, 4) is 6.07 Å². The number of hydrogen-bond donors (Lipinski definition) is 1. The van der Waals surface area contributed by atoms with Crippen molar-refractivity contribution in [2.45, 2.75) is 32.2 Å². The van der Waals surface area contributed by atoms with Gasteiger partial charge in [0.15, 0.2) is 0 Å². The van der Waals surface area contributed by atoms with Crippen molar-refractivity contribution in [1.29, 1.82) is 5.26 Å². The highest BCUT2D eigenvalue weighted by Crippen LogP contribution is 2.27. The third-order valence-corrected chi connectivity index (χ3v) is 4.02. The number of nitrogens with one attached hydrogen (secondary N) is 1. The Balaban J connectivity index is 2.21. The van der Waals surface area contributed by atoms with Crippen LogP contribution in [0.15, 0.2) is 12.3 Å². The van der Waals surface area contributed by atoms with E-state index in [0.717, 1.165) is 37.3 Å². The van der Waals surface area contributed by atoms with E-state index in [2.05, 4.69) is 28.2 Å². The second kappa shape index (κ2) is 4.95. The summed E-state index contributed by atoms with van der Waals surface area (Å²) < 4.78 is 0. The highest BCUT2D eigenvalue weighted by atomic mass is 15.2. The van der Waals surface area contributed by atoms with Crippen LogP contribution in [0.4, 0.5) is 5.82 Å². The Morgan fingerprint density at radius 2 is 2.11 bits per heavy atom. The first-order valence-electron chi connectivity index (χ1n) is 6.39. The normalized spacial score (nSPS) is 18.4. The molecular weight excluding hydrogens is 224 g/mol. The van der Waals surface area contributed by atoms with Crippen LogP contribution in [0.5, 0.6) is 0 Å². The summed E-state index contributed by atoms with van der Waals surface area (Å²) in [6, 6.07) is 4.17. The summed E-state index contributed by atoms with van der Waals surface area (Å²) >= 11 is 0. The molecule has 1 fully saturated rings. The zero-order valence-corrected chi connectivity index (χ0v) is 11.3. The molecule has 1 saturated heterocycles. The molecule has 1 N–H and O–H groups in total. The molecule has 0 unspecified atom stereocenters. The third kappa shape index (κ3) is 2.32. The van der Waals surface area contributed by atoms with Crippen LogP contribution >= 0.6 is 0 Å². The fraction of sp³-hybridized carbons (Fsp3) is 0.571. The van der Waals surface area contributed by atoms with Gasteiger partial charge in [-0.3, -0.25) is 0 Å². The van der Waals surface area contributed by atoms with Gasteiger partial charge in [-0.2, -0.15) is 5.26 Å². The maximum absolute atomic E-state index is 9.25. The molecule has 2 rings (SSSR count). The quantitative estimate of drug-likeness (QED) is 0.862. The monoisotopic (exact) mass is 244 g/mol. The summed E-state index contributed by atoms with van der Waals surface area (Å²) in [4.78, 5) is 6.62. The van der Waals surface area contributed by atoms with Crippen molar-refractivity contribution in [1.82, 2.24) is 10.3 Å². The van der Waals surface area contributed by atoms with E-state index >= 15 is 0 Å². The fourth-order valence-electron chi connectivity index (χ4n) is 2.38. The maximum Gasteiger partial charge on any atom is 0.146 e. The molecule has 0 aromatic carbocycles. The average Bonchev–Trinajstić information content (AvgIpc) is 2.39. The molecule has 1 aliphatic heterocycles. The molecule has 0 amide bonds. The molecule has 0 spiro atoms. The van der Waals surface area contributed by atoms with Crippen LogP contribution in [0.2, 0.25) is 0 Å². The smallest absolute Gasteiger partial charge is 0.146 e. The molecule has 2 heterocycles. The van der Waals surface area contributed by atoms with Crippen LogP contribution in [0.1, 0.15) is 30.9 Å². The Morgan fingerprint density at radius 1 is 1.44 bits per heavy atom. The summed E-state index contributed by atoms with van der Waals surface area (Å²) in [5, 5.41) is 12.6. The van der Waals surface area contributed by atoms with E-state index in [4.69, 9.17) is 0 Å². The van der Waals surface area contributed by atoms with Gasteiger partial charge in [0.2, 0.25) is 0 Å². The fourth-order valence-corrected chi connectivity index (χ4v) is 2.38. The van der Waals surface area contributed by atoms with E-state index in [1.807, 2.05) is 20.0 Å². The predicted octanol–water partition coefficient (Wildman–Crippen LogP) is 1.84. The summed E-state index contributed by atoms with van der Waals surface area (Å²) in [5.41, 5.74) is 1.93. The number of aryl methyl sites for hydroxylation is 1. The van der Waals surface area contributed by atoms with Crippen LogP contribution in [0.3, 0.4) is 0 Å². The summed E-state index contributed by atoms with van der Waals surface area (Å²) in [6.45, 7) is 6.11. The number of hydrogen-bond acceptors (Lipinski definition) is 4. The number of aromatic nitrogens is 1. The van der Waals surface area contributed by atoms with Crippen molar-refractivity contribution in [3.05, 3.63) is 23.4 Å². The minimum absolute atomic E-state index is 0.215. The number of piperidine rings is 1. The van der Waals surface area contributed by atoms with Gasteiger partial charge >= 0.3 is 0 Å². The molecule has 1 aromatic rings. The largest absolute Gasteiger partial charge is 0.355 e. The Morgan fingerprint density at radius 3 is 2.67 bits per heavy atom. The van der Waals surface area contributed by atoms with Crippen molar-refractivity contribution in [3.63, 3.8) is 0 Å². The van der Waals surface area contributed by atoms with Crippen LogP contribution in [0, 0.1) is 18.3 Å². The number of nitrogens with zero attached hydrogens (tertiary/aromatic N) is 3. The van der Waals surface area contributed by atoms with Gasteiger partial charge in [-0.15, -0.1) is 0 Å². The van der Waals surface area contributed by atoms with Gasteiger partial charge in [0.1, 0.15) is 11.9 Å². The van der Waals surface area contributed by atoms with E-state index < -0.39 is 0 Å². The molecule has 0 saturated carbocycles. The lowest BCUT2D eigenvalue weighted by atomic mass is 9.89. The van der Waals surface area contributed by atoms with Gasteiger partial charge in [0, 0.05) is 24.8 Å². The minimum atomic E-state index is 0.215. The molecule has 0 atom stereocenters. The lowest BCUT2D eigenvalue weighted by molar-refractivity contribution is 0.304. The number of nitriles is 1. The van der Waals surface area contributed by atoms with E-state index in [9.17, 15) is 5.26 Å². The van der Waals surface area contributed by atoms with Gasteiger partial charge < -0.3 is 10.2 Å². The van der Waals surface area contributed by atoms with E-state index in [0.29, 0.717) is 5.56 Å². The number of anilines is 1. The Hall–Kier alpha value is -1.60. The van der Waals surface area contributed by atoms with Gasteiger partial charge in [-0.1, -0.05) is 0 Å². The Kier molecular flexibility index (Phi) is 3.53. The van der Waals surface area contributed by atoms with Gasteiger partial charge in [0.05, 0.1) is 5.56 Å². The molecule has 0 radical (unpaired) electrons. The molecule has 0 bridgehead atoms. The molecule has 18 heavy (non-hydrogen) atoms. The first-order chi connectivity index (χ1) is 8.59. The summed E-state index contributed by atoms with van der Waals surface area (Å²) in [7, 11) is 2.02. The molecule has 0 aliphatic carbocycles. The average molecular weight is 244 g/mol. The summed E-state index contributed by atoms with van der Waals surface area (Å²) in [5.74, 6) is 0.843.